The van der Waals surface area contributed by atoms with Gasteiger partial charge in [0.2, 0.25) is 5.91 Å². The maximum atomic E-state index is 13.9. The van der Waals surface area contributed by atoms with Crippen LogP contribution in [-0.2, 0) is 4.79 Å². The summed E-state index contributed by atoms with van der Waals surface area (Å²) < 4.78 is 25.8. The summed E-state index contributed by atoms with van der Waals surface area (Å²) in [6.07, 6.45) is 3.22. The van der Waals surface area contributed by atoms with Crippen LogP contribution in [0.2, 0.25) is 0 Å². The molecule has 0 fully saturated rings. The third-order valence-corrected chi connectivity index (χ3v) is 5.60. The predicted octanol–water partition coefficient (Wildman–Crippen LogP) is 7.30. The number of ether oxygens (including phenoxy) is 1. The number of rotatable bonds is 6. The monoisotopic (exact) mass is 443 g/mol. The van der Waals surface area contributed by atoms with E-state index in [1.165, 1.54) is 23.8 Å². The maximum Gasteiger partial charge on any atom is 0.248 e. The second kappa shape index (κ2) is 9.33. The van der Waals surface area contributed by atoms with Gasteiger partial charge >= 0.3 is 0 Å². The molecular formula is C28H26FNO3. The number of carbonyl (C=O) groups is 1. The number of halogens is 1. The van der Waals surface area contributed by atoms with Crippen molar-refractivity contribution < 1.29 is 18.3 Å². The van der Waals surface area contributed by atoms with Crippen LogP contribution in [0, 0.1) is 19.7 Å². The van der Waals surface area contributed by atoms with Crippen molar-refractivity contribution in [2.75, 3.05) is 11.9 Å². The van der Waals surface area contributed by atoms with Gasteiger partial charge in [-0.2, -0.15) is 0 Å². The Morgan fingerprint density at radius 2 is 1.85 bits per heavy atom. The highest BCUT2D eigenvalue weighted by Gasteiger charge is 2.19. The molecule has 3 aromatic carbocycles. The average Bonchev–Trinajstić information content (AvgIpc) is 3.22. The summed E-state index contributed by atoms with van der Waals surface area (Å²) in [5.41, 5.74) is 6.45. The molecule has 0 atom stereocenters. The van der Waals surface area contributed by atoms with Gasteiger partial charge in [-0.05, 0) is 57.0 Å². The minimum absolute atomic E-state index is 0.139. The van der Waals surface area contributed by atoms with E-state index in [1.54, 1.807) is 18.4 Å². The first-order valence-corrected chi connectivity index (χ1v) is 10.9. The van der Waals surface area contributed by atoms with Gasteiger partial charge in [-0.3, -0.25) is 4.79 Å². The third-order valence-electron chi connectivity index (χ3n) is 5.60. The smallest absolute Gasteiger partial charge is 0.248 e. The van der Waals surface area contributed by atoms with E-state index in [-0.39, 0.29) is 5.69 Å². The number of aryl methyl sites for hydroxylation is 2. The Morgan fingerprint density at radius 1 is 1.12 bits per heavy atom. The van der Waals surface area contributed by atoms with Crippen molar-refractivity contribution in [3.05, 3.63) is 89.4 Å². The summed E-state index contributed by atoms with van der Waals surface area (Å²) >= 11 is 0. The number of benzene rings is 3. The van der Waals surface area contributed by atoms with Gasteiger partial charge in [0.15, 0.2) is 0 Å². The molecule has 0 bridgehead atoms. The van der Waals surface area contributed by atoms with Gasteiger partial charge in [0.25, 0.3) is 0 Å². The van der Waals surface area contributed by atoms with Gasteiger partial charge in [0, 0.05) is 28.2 Å². The van der Waals surface area contributed by atoms with E-state index in [9.17, 15) is 9.18 Å². The van der Waals surface area contributed by atoms with Gasteiger partial charge in [-0.25, -0.2) is 4.39 Å². The number of para-hydroxylation sites is 1. The molecule has 4 rings (SSSR count). The zero-order valence-electron chi connectivity index (χ0n) is 19.2. The number of amides is 1. The molecule has 0 aliphatic carbocycles. The molecule has 1 amide bonds. The molecule has 4 aromatic rings. The summed E-state index contributed by atoms with van der Waals surface area (Å²) in [7, 11) is 0. The molecule has 1 aromatic heterocycles. The molecular weight excluding hydrogens is 417 g/mol. The number of furan rings is 1. The molecule has 4 nitrogen and oxygen atoms in total. The van der Waals surface area contributed by atoms with Crippen LogP contribution in [0.4, 0.5) is 10.1 Å². The molecule has 1 heterocycles. The van der Waals surface area contributed by atoms with Crippen LogP contribution < -0.4 is 10.1 Å². The zero-order chi connectivity index (χ0) is 23.5. The highest BCUT2D eigenvalue weighted by Crippen LogP contribution is 2.40. The van der Waals surface area contributed by atoms with Crippen molar-refractivity contribution in [3.63, 3.8) is 0 Å². The predicted molar refractivity (Wildman–Crippen MR) is 131 cm³/mol. The second-order valence-electron chi connectivity index (χ2n) is 8.00. The molecule has 33 heavy (non-hydrogen) atoms. The van der Waals surface area contributed by atoms with Crippen LogP contribution in [0.5, 0.6) is 5.75 Å². The summed E-state index contributed by atoms with van der Waals surface area (Å²) in [5, 5.41) is 3.54. The maximum absolute atomic E-state index is 13.9. The minimum Gasteiger partial charge on any atom is -0.493 e. The zero-order valence-corrected chi connectivity index (χ0v) is 19.2. The van der Waals surface area contributed by atoms with Crippen molar-refractivity contribution >= 4 is 28.1 Å². The highest BCUT2D eigenvalue weighted by molar-refractivity contribution is 6.06. The van der Waals surface area contributed by atoms with Crippen molar-refractivity contribution in [2.45, 2.75) is 27.7 Å². The fourth-order valence-electron chi connectivity index (χ4n) is 3.90. The van der Waals surface area contributed by atoms with Crippen LogP contribution in [0.25, 0.3) is 27.7 Å². The Morgan fingerprint density at radius 3 is 2.55 bits per heavy atom. The number of anilines is 1. The van der Waals surface area contributed by atoms with E-state index < -0.39 is 11.7 Å². The van der Waals surface area contributed by atoms with Crippen LogP contribution in [0.15, 0.2) is 71.4 Å². The molecule has 0 unspecified atom stereocenters. The van der Waals surface area contributed by atoms with Crippen LogP contribution in [-0.4, -0.2) is 12.5 Å². The highest BCUT2D eigenvalue weighted by atomic mass is 19.1. The Kier molecular flexibility index (Phi) is 6.31. The SMILES string of the molecule is CCOc1c(/C(C)=C/C(=O)Nc2ccccc2F)cc2c(-c3ccc(C)cc3)coc2c1C. The molecule has 0 saturated heterocycles. The Hall–Kier alpha value is -3.86. The number of fused-ring (bicyclic) bond motifs is 1. The minimum atomic E-state index is -0.481. The van der Waals surface area contributed by atoms with Crippen LogP contribution in [0.1, 0.15) is 30.5 Å². The lowest BCUT2D eigenvalue weighted by atomic mass is 9.96. The van der Waals surface area contributed by atoms with E-state index in [1.807, 2.05) is 33.8 Å². The average molecular weight is 444 g/mol. The van der Waals surface area contributed by atoms with E-state index in [2.05, 4.69) is 29.6 Å². The first-order valence-electron chi connectivity index (χ1n) is 10.9. The molecule has 1 N–H and O–H groups in total. The van der Waals surface area contributed by atoms with Crippen LogP contribution >= 0.6 is 0 Å². The summed E-state index contributed by atoms with van der Waals surface area (Å²) in [6.45, 7) is 8.23. The molecule has 5 heteroatoms. The van der Waals surface area contributed by atoms with Crippen molar-refractivity contribution in [2.24, 2.45) is 0 Å². The topological polar surface area (TPSA) is 51.5 Å². The summed E-state index contributed by atoms with van der Waals surface area (Å²) in [5.74, 6) is -0.226. The number of allylic oxidation sites excluding steroid dienone is 1. The number of hydrogen-bond donors (Lipinski definition) is 1. The van der Waals surface area contributed by atoms with Crippen molar-refractivity contribution in [3.8, 4) is 16.9 Å². The molecule has 0 aliphatic heterocycles. The Labute approximate surface area is 192 Å². The lowest BCUT2D eigenvalue weighted by Crippen LogP contribution is -2.10. The quantitative estimate of drug-likeness (QED) is 0.318. The van der Waals surface area contributed by atoms with Crippen molar-refractivity contribution in [1.29, 1.82) is 0 Å². The van der Waals surface area contributed by atoms with Crippen molar-refractivity contribution in [1.82, 2.24) is 0 Å². The second-order valence-corrected chi connectivity index (χ2v) is 8.00. The van der Waals surface area contributed by atoms with Gasteiger partial charge in [-0.15, -0.1) is 0 Å². The van der Waals surface area contributed by atoms with Gasteiger partial charge in [-0.1, -0.05) is 42.0 Å². The van der Waals surface area contributed by atoms with Gasteiger partial charge in [0.05, 0.1) is 18.6 Å². The lowest BCUT2D eigenvalue weighted by molar-refractivity contribution is -0.111. The van der Waals surface area contributed by atoms with Gasteiger partial charge < -0.3 is 14.5 Å². The lowest BCUT2D eigenvalue weighted by Gasteiger charge is -2.15. The molecule has 0 radical (unpaired) electrons. The summed E-state index contributed by atoms with van der Waals surface area (Å²) in [6, 6.07) is 16.3. The largest absolute Gasteiger partial charge is 0.493 e. The summed E-state index contributed by atoms with van der Waals surface area (Å²) in [4.78, 5) is 12.6. The van der Waals surface area contributed by atoms with E-state index in [0.29, 0.717) is 17.9 Å². The first-order chi connectivity index (χ1) is 15.9. The van der Waals surface area contributed by atoms with Crippen LogP contribution in [0.3, 0.4) is 0 Å². The number of nitrogens with one attached hydrogen (secondary N) is 1. The molecule has 0 spiro atoms. The fraction of sp³-hybridized carbons (Fsp3) is 0.179. The Balaban J connectivity index is 1.79. The Bertz CT molecular complexity index is 1350. The normalized spacial score (nSPS) is 11.6. The fourth-order valence-corrected chi connectivity index (χ4v) is 3.90. The van der Waals surface area contributed by atoms with E-state index >= 15 is 0 Å². The van der Waals surface area contributed by atoms with E-state index in [4.69, 9.17) is 9.15 Å². The first kappa shape index (κ1) is 22.3. The standard InChI is InChI=1S/C28H26FNO3/c1-5-32-27-19(4)28-22(23(16-33-28)20-12-10-17(2)11-13-20)15-21(27)18(3)14-26(31)30-25-9-7-6-8-24(25)29/h6-16H,5H2,1-4H3,(H,30,31)/b18-14+. The van der Waals surface area contributed by atoms with Gasteiger partial charge in [0.1, 0.15) is 17.1 Å². The molecule has 0 saturated carbocycles. The molecule has 168 valence electrons. The van der Waals surface area contributed by atoms with E-state index in [0.717, 1.165) is 33.2 Å². The molecule has 0 aliphatic rings. The number of hydrogen-bond acceptors (Lipinski definition) is 3. The number of carbonyl (C=O) groups excluding carboxylic acids is 1. The third kappa shape index (κ3) is 4.53.